The number of anilines is 1. The zero-order valence-corrected chi connectivity index (χ0v) is 16.8. The summed E-state index contributed by atoms with van der Waals surface area (Å²) in [4.78, 5) is 27.6. The van der Waals surface area contributed by atoms with Crippen LogP contribution in [0.5, 0.6) is 0 Å². The van der Waals surface area contributed by atoms with E-state index >= 15 is 0 Å². The van der Waals surface area contributed by atoms with Gasteiger partial charge in [-0.25, -0.2) is 15.0 Å². The summed E-state index contributed by atoms with van der Waals surface area (Å²) in [6.45, 7) is 0. The molecule has 0 saturated heterocycles. The molecular formula is C22H17F3N6O. The Balaban J connectivity index is 1.37. The normalized spacial score (nSPS) is 21.6. The summed E-state index contributed by atoms with van der Waals surface area (Å²) in [6, 6.07) is 5.20. The number of amides is 1. The minimum absolute atomic E-state index is 0.0647. The standard InChI is InChI=1S/C22H17F3N6O/c1-30(19-11-3-2-10(22(23,24)25)4-12(11)13-5-14(13)19)21(32)15-6-17-16(7-28-15)29-20(26)18-8-27-9-31(17)18/h2-4,6-9,13-14,19H,5H2,1H3,(H2,26,29)/t13-,14-,19+/m1/s1. The molecule has 0 bridgehead atoms. The van der Waals surface area contributed by atoms with Gasteiger partial charge in [0.05, 0.1) is 35.8 Å². The molecule has 6 rings (SSSR count). The van der Waals surface area contributed by atoms with Gasteiger partial charge in [0.15, 0.2) is 0 Å². The molecule has 3 aromatic heterocycles. The molecule has 0 spiro atoms. The van der Waals surface area contributed by atoms with Gasteiger partial charge in [0.25, 0.3) is 5.91 Å². The minimum Gasteiger partial charge on any atom is -0.382 e. The van der Waals surface area contributed by atoms with Crippen molar-refractivity contribution in [2.75, 3.05) is 12.8 Å². The summed E-state index contributed by atoms with van der Waals surface area (Å²) in [5.74, 6) is 0.202. The summed E-state index contributed by atoms with van der Waals surface area (Å²) >= 11 is 0. The van der Waals surface area contributed by atoms with Crippen LogP contribution in [0.25, 0.3) is 16.6 Å². The highest BCUT2D eigenvalue weighted by atomic mass is 19.4. The van der Waals surface area contributed by atoms with Gasteiger partial charge in [0.1, 0.15) is 22.5 Å². The van der Waals surface area contributed by atoms with Crippen molar-refractivity contribution in [3.05, 3.63) is 65.4 Å². The third-order valence-corrected chi connectivity index (χ3v) is 6.60. The summed E-state index contributed by atoms with van der Waals surface area (Å²) in [6.07, 6.45) is 1.07. The molecule has 3 atom stereocenters. The molecule has 10 heteroatoms. The first-order chi connectivity index (χ1) is 15.2. The largest absolute Gasteiger partial charge is 0.416 e. The summed E-state index contributed by atoms with van der Waals surface area (Å²) in [7, 11) is 1.68. The first-order valence-corrected chi connectivity index (χ1v) is 10.1. The van der Waals surface area contributed by atoms with Gasteiger partial charge in [0, 0.05) is 7.05 Å². The zero-order valence-electron chi connectivity index (χ0n) is 16.8. The molecule has 1 amide bonds. The van der Waals surface area contributed by atoms with Crippen LogP contribution in [-0.2, 0) is 6.18 Å². The number of fused-ring (bicyclic) bond motifs is 6. The summed E-state index contributed by atoms with van der Waals surface area (Å²) in [5, 5.41) is 0. The Morgan fingerprint density at radius 3 is 2.78 bits per heavy atom. The van der Waals surface area contributed by atoms with Gasteiger partial charge in [-0.05, 0) is 47.6 Å². The molecule has 4 aromatic rings. The van der Waals surface area contributed by atoms with E-state index in [9.17, 15) is 18.0 Å². The van der Waals surface area contributed by atoms with Crippen LogP contribution >= 0.6 is 0 Å². The van der Waals surface area contributed by atoms with Crippen molar-refractivity contribution in [1.82, 2.24) is 24.3 Å². The highest BCUT2D eigenvalue weighted by molar-refractivity contribution is 5.96. The highest BCUT2D eigenvalue weighted by Gasteiger charge is 2.54. The van der Waals surface area contributed by atoms with Gasteiger partial charge < -0.3 is 10.6 Å². The van der Waals surface area contributed by atoms with E-state index in [1.54, 1.807) is 34.9 Å². The van der Waals surface area contributed by atoms with E-state index in [1.165, 1.54) is 18.3 Å². The quantitative estimate of drug-likeness (QED) is 0.514. The third-order valence-electron chi connectivity index (χ3n) is 6.60. The van der Waals surface area contributed by atoms with Crippen LogP contribution < -0.4 is 5.73 Å². The molecule has 1 fully saturated rings. The Kier molecular flexibility index (Phi) is 3.67. The van der Waals surface area contributed by atoms with Crippen molar-refractivity contribution in [3.8, 4) is 0 Å². The molecular weight excluding hydrogens is 421 g/mol. The van der Waals surface area contributed by atoms with Crippen LogP contribution in [0.2, 0.25) is 0 Å². The molecule has 162 valence electrons. The van der Waals surface area contributed by atoms with Crippen LogP contribution in [-0.4, -0.2) is 37.2 Å². The average Bonchev–Trinajstić information content (AvgIpc) is 3.24. The van der Waals surface area contributed by atoms with Crippen LogP contribution in [0.15, 0.2) is 43.0 Å². The molecule has 2 aliphatic carbocycles. The number of hydrogen-bond donors (Lipinski definition) is 1. The van der Waals surface area contributed by atoms with Crippen molar-refractivity contribution >= 4 is 28.3 Å². The number of hydrogen-bond acceptors (Lipinski definition) is 5. The van der Waals surface area contributed by atoms with E-state index in [1.807, 2.05) is 0 Å². The number of carbonyl (C=O) groups is 1. The van der Waals surface area contributed by atoms with Gasteiger partial charge >= 0.3 is 6.18 Å². The van der Waals surface area contributed by atoms with Gasteiger partial charge in [-0.1, -0.05) is 6.07 Å². The third kappa shape index (κ3) is 2.61. The van der Waals surface area contributed by atoms with Gasteiger partial charge in [-0.2, -0.15) is 13.2 Å². The SMILES string of the molecule is CN(C(=O)c1cc2c(cn1)nc(N)c1cncn12)[C@H]1c2ccc(C(F)(F)F)cc2[C@H]2C[C@H]21. The number of nitrogens with zero attached hydrogens (tertiary/aromatic N) is 5. The predicted molar refractivity (Wildman–Crippen MR) is 110 cm³/mol. The van der Waals surface area contributed by atoms with Gasteiger partial charge in [-0.15, -0.1) is 0 Å². The number of pyridine rings is 1. The number of nitrogen functional groups attached to an aromatic ring is 1. The van der Waals surface area contributed by atoms with E-state index < -0.39 is 11.7 Å². The number of halogens is 3. The Morgan fingerprint density at radius 1 is 1.19 bits per heavy atom. The topological polar surface area (TPSA) is 89.4 Å². The van der Waals surface area contributed by atoms with Gasteiger partial charge in [-0.3, -0.25) is 9.20 Å². The van der Waals surface area contributed by atoms with Crippen molar-refractivity contribution < 1.29 is 18.0 Å². The van der Waals surface area contributed by atoms with Crippen molar-refractivity contribution in [1.29, 1.82) is 0 Å². The van der Waals surface area contributed by atoms with E-state index in [0.29, 0.717) is 27.9 Å². The maximum atomic E-state index is 13.3. The lowest BCUT2D eigenvalue weighted by Gasteiger charge is -2.27. The first kappa shape index (κ1) is 19.0. The number of aromatic nitrogens is 4. The number of nitrogens with two attached hydrogens (primary N) is 1. The Bertz CT molecular complexity index is 1430. The second-order valence-electron chi connectivity index (χ2n) is 8.41. The number of benzene rings is 1. The monoisotopic (exact) mass is 438 g/mol. The molecule has 3 heterocycles. The molecule has 32 heavy (non-hydrogen) atoms. The molecule has 1 saturated carbocycles. The molecule has 0 unspecified atom stereocenters. The van der Waals surface area contributed by atoms with Crippen molar-refractivity contribution in [3.63, 3.8) is 0 Å². The van der Waals surface area contributed by atoms with E-state index in [2.05, 4.69) is 15.0 Å². The second kappa shape index (κ2) is 6.18. The predicted octanol–water partition coefficient (Wildman–Crippen LogP) is 3.81. The zero-order chi connectivity index (χ0) is 22.4. The lowest BCUT2D eigenvalue weighted by atomic mass is 9.98. The Hall–Kier alpha value is -3.69. The molecule has 2 N–H and O–H groups in total. The summed E-state index contributed by atoms with van der Waals surface area (Å²) < 4.78 is 41.2. The van der Waals surface area contributed by atoms with E-state index in [4.69, 9.17) is 5.73 Å². The van der Waals surface area contributed by atoms with Crippen LogP contribution in [0, 0.1) is 5.92 Å². The number of rotatable bonds is 2. The molecule has 0 aliphatic heterocycles. The maximum absolute atomic E-state index is 13.3. The fourth-order valence-electron chi connectivity index (χ4n) is 4.99. The highest BCUT2D eigenvalue weighted by Crippen LogP contribution is 2.63. The van der Waals surface area contributed by atoms with Crippen LogP contribution in [0.1, 0.15) is 45.6 Å². The average molecular weight is 438 g/mol. The van der Waals surface area contributed by atoms with Crippen molar-refractivity contribution in [2.45, 2.75) is 24.6 Å². The van der Waals surface area contributed by atoms with Crippen molar-refractivity contribution in [2.24, 2.45) is 5.92 Å². The molecule has 1 aromatic carbocycles. The lowest BCUT2D eigenvalue weighted by Crippen LogP contribution is -2.32. The number of imidazole rings is 1. The number of carbonyl (C=O) groups excluding carboxylic acids is 1. The Labute approximate surface area is 179 Å². The second-order valence-corrected chi connectivity index (χ2v) is 8.41. The molecule has 0 radical (unpaired) electrons. The smallest absolute Gasteiger partial charge is 0.382 e. The van der Waals surface area contributed by atoms with E-state index in [0.717, 1.165) is 18.1 Å². The van der Waals surface area contributed by atoms with Crippen LogP contribution in [0.3, 0.4) is 0 Å². The fourth-order valence-corrected chi connectivity index (χ4v) is 4.99. The van der Waals surface area contributed by atoms with E-state index in [-0.39, 0.29) is 29.5 Å². The summed E-state index contributed by atoms with van der Waals surface area (Å²) in [5.41, 5.74) is 8.80. The lowest BCUT2D eigenvalue weighted by molar-refractivity contribution is -0.137. The van der Waals surface area contributed by atoms with Crippen LogP contribution in [0.4, 0.5) is 19.0 Å². The molecule has 2 aliphatic rings. The fraction of sp³-hybridized carbons (Fsp3) is 0.273. The first-order valence-electron chi connectivity index (χ1n) is 10.1. The van der Waals surface area contributed by atoms with Gasteiger partial charge in [0.2, 0.25) is 0 Å². The Morgan fingerprint density at radius 2 is 2.00 bits per heavy atom. The minimum atomic E-state index is -4.38. The maximum Gasteiger partial charge on any atom is 0.416 e. The number of alkyl halides is 3. The molecule has 7 nitrogen and oxygen atoms in total.